The standard InChI is InChI=1S/C28H24ClF5N2O/c29-24-9-3-17(14-23(24)28(32,33)34)27(37)2-1-12-35-13-11-26-22(16-35)21-15-19(31)6-10-25(21)36(26)20-7-4-18(30)5-8-20/h3-10,14-15,27,37H,1-2,11-13,16H2. The van der Waals surface area contributed by atoms with Crippen molar-refractivity contribution in [2.75, 3.05) is 13.1 Å². The number of benzene rings is 3. The average molecular weight is 535 g/mol. The second kappa shape index (κ2) is 10.1. The van der Waals surface area contributed by atoms with E-state index in [1.54, 1.807) is 18.2 Å². The van der Waals surface area contributed by atoms with E-state index in [1.807, 2.05) is 4.57 Å². The molecule has 0 amide bonds. The summed E-state index contributed by atoms with van der Waals surface area (Å²) in [5, 5.41) is 10.9. The van der Waals surface area contributed by atoms with Crippen LogP contribution >= 0.6 is 11.6 Å². The Balaban J connectivity index is 1.31. The van der Waals surface area contributed by atoms with E-state index in [9.17, 15) is 27.1 Å². The van der Waals surface area contributed by atoms with Crippen molar-refractivity contribution in [1.29, 1.82) is 0 Å². The fourth-order valence-corrected chi connectivity index (χ4v) is 5.33. The maximum absolute atomic E-state index is 14.2. The third-order valence-electron chi connectivity index (χ3n) is 6.91. The molecule has 37 heavy (non-hydrogen) atoms. The summed E-state index contributed by atoms with van der Waals surface area (Å²) in [4.78, 5) is 2.19. The van der Waals surface area contributed by atoms with Crippen LogP contribution in [-0.2, 0) is 19.1 Å². The molecule has 2 heterocycles. The van der Waals surface area contributed by atoms with Crippen molar-refractivity contribution in [3.8, 4) is 5.69 Å². The van der Waals surface area contributed by atoms with Gasteiger partial charge in [-0.05, 0) is 85.1 Å². The summed E-state index contributed by atoms with van der Waals surface area (Å²) in [6, 6.07) is 14.3. The highest BCUT2D eigenvalue weighted by atomic mass is 35.5. The summed E-state index contributed by atoms with van der Waals surface area (Å²) >= 11 is 5.68. The Morgan fingerprint density at radius 1 is 0.946 bits per heavy atom. The lowest BCUT2D eigenvalue weighted by atomic mass is 10.0. The fraction of sp³-hybridized carbons (Fsp3) is 0.286. The highest BCUT2D eigenvalue weighted by Gasteiger charge is 2.34. The molecule has 0 spiro atoms. The summed E-state index contributed by atoms with van der Waals surface area (Å²) in [7, 11) is 0. The molecule has 1 aliphatic heterocycles. The van der Waals surface area contributed by atoms with E-state index in [0.29, 0.717) is 25.9 Å². The number of halogens is 6. The average Bonchev–Trinajstić information content (AvgIpc) is 3.17. The number of hydrogen-bond donors (Lipinski definition) is 1. The quantitative estimate of drug-likeness (QED) is 0.260. The van der Waals surface area contributed by atoms with Gasteiger partial charge in [0.05, 0.1) is 22.2 Å². The van der Waals surface area contributed by atoms with E-state index in [1.165, 1.54) is 30.3 Å². The normalized spacial score (nSPS) is 15.2. The zero-order valence-electron chi connectivity index (χ0n) is 19.7. The summed E-state index contributed by atoms with van der Waals surface area (Å²) < 4.78 is 69.2. The number of hydrogen-bond acceptors (Lipinski definition) is 2. The lowest BCUT2D eigenvalue weighted by Gasteiger charge is -2.28. The molecule has 1 unspecified atom stereocenters. The van der Waals surface area contributed by atoms with Crippen LogP contribution in [0.15, 0.2) is 60.7 Å². The van der Waals surface area contributed by atoms with Crippen LogP contribution in [-0.4, -0.2) is 27.7 Å². The van der Waals surface area contributed by atoms with Crippen molar-refractivity contribution < 1.29 is 27.1 Å². The Bertz CT molecular complexity index is 1430. The van der Waals surface area contributed by atoms with Crippen molar-refractivity contribution >= 4 is 22.5 Å². The molecule has 0 saturated carbocycles. The third kappa shape index (κ3) is 5.23. The van der Waals surface area contributed by atoms with Crippen LogP contribution in [0.5, 0.6) is 0 Å². The highest BCUT2D eigenvalue weighted by molar-refractivity contribution is 6.31. The zero-order valence-corrected chi connectivity index (χ0v) is 20.5. The second-order valence-corrected chi connectivity index (χ2v) is 9.73. The number of aromatic nitrogens is 1. The molecule has 9 heteroatoms. The molecule has 194 valence electrons. The summed E-state index contributed by atoms with van der Waals surface area (Å²) in [5.74, 6) is -0.672. The van der Waals surface area contributed by atoms with Crippen molar-refractivity contribution in [2.45, 2.75) is 38.1 Å². The smallest absolute Gasteiger partial charge is 0.388 e. The Morgan fingerprint density at radius 2 is 1.68 bits per heavy atom. The molecule has 3 aromatic carbocycles. The SMILES string of the molecule is OC(CCCN1CCc2c(c3cc(F)ccc3n2-c2ccc(F)cc2)C1)c1ccc(Cl)c(C(F)(F)F)c1. The number of alkyl halides is 3. The first-order chi connectivity index (χ1) is 17.6. The molecule has 0 saturated heterocycles. The van der Waals surface area contributed by atoms with E-state index in [4.69, 9.17) is 11.6 Å². The highest BCUT2D eigenvalue weighted by Crippen LogP contribution is 2.37. The van der Waals surface area contributed by atoms with Crippen LogP contribution in [0.4, 0.5) is 22.0 Å². The number of nitrogens with zero attached hydrogens (tertiary/aromatic N) is 2. The van der Waals surface area contributed by atoms with Gasteiger partial charge in [0.1, 0.15) is 11.6 Å². The van der Waals surface area contributed by atoms with E-state index in [2.05, 4.69) is 4.90 Å². The summed E-state index contributed by atoms with van der Waals surface area (Å²) in [5.41, 5.74) is 2.91. The topological polar surface area (TPSA) is 28.4 Å². The van der Waals surface area contributed by atoms with E-state index >= 15 is 0 Å². The predicted molar refractivity (Wildman–Crippen MR) is 133 cm³/mol. The van der Waals surface area contributed by atoms with Gasteiger partial charge in [0.15, 0.2) is 0 Å². The molecule has 1 atom stereocenters. The zero-order chi connectivity index (χ0) is 26.3. The fourth-order valence-electron chi connectivity index (χ4n) is 5.10. The molecular formula is C28H24ClF5N2O. The minimum atomic E-state index is -4.59. The monoisotopic (exact) mass is 534 g/mol. The Morgan fingerprint density at radius 3 is 2.41 bits per heavy atom. The van der Waals surface area contributed by atoms with Crippen LogP contribution in [0.3, 0.4) is 0 Å². The van der Waals surface area contributed by atoms with Gasteiger partial charge in [0.25, 0.3) is 0 Å². The number of fused-ring (bicyclic) bond motifs is 3. The summed E-state index contributed by atoms with van der Waals surface area (Å²) in [6.07, 6.45) is -4.10. The van der Waals surface area contributed by atoms with Crippen molar-refractivity contribution in [3.63, 3.8) is 0 Å². The first-order valence-corrected chi connectivity index (χ1v) is 12.3. The van der Waals surface area contributed by atoms with Gasteiger partial charge in [-0.25, -0.2) is 8.78 Å². The molecule has 1 N–H and O–H groups in total. The molecule has 4 aromatic rings. The van der Waals surface area contributed by atoms with Gasteiger partial charge in [-0.2, -0.15) is 13.2 Å². The first kappa shape index (κ1) is 25.7. The predicted octanol–water partition coefficient (Wildman–Crippen LogP) is 7.45. The maximum Gasteiger partial charge on any atom is 0.417 e. The van der Waals surface area contributed by atoms with Crippen molar-refractivity contribution in [1.82, 2.24) is 9.47 Å². The van der Waals surface area contributed by atoms with Gasteiger partial charge < -0.3 is 9.67 Å². The van der Waals surface area contributed by atoms with Crippen LogP contribution in [0, 0.1) is 11.6 Å². The Kier molecular flexibility index (Phi) is 7.00. The van der Waals surface area contributed by atoms with Gasteiger partial charge in [0, 0.05) is 36.3 Å². The summed E-state index contributed by atoms with van der Waals surface area (Å²) in [6.45, 7) is 1.91. The molecule has 1 aromatic heterocycles. The van der Waals surface area contributed by atoms with Gasteiger partial charge in [-0.1, -0.05) is 17.7 Å². The molecule has 0 radical (unpaired) electrons. The number of rotatable bonds is 6. The first-order valence-electron chi connectivity index (χ1n) is 12.0. The molecule has 0 aliphatic carbocycles. The van der Waals surface area contributed by atoms with Crippen LogP contribution < -0.4 is 0 Å². The molecule has 0 bridgehead atoms. The second-order valence-electron chi connectivity index (χ2n) is 9.32. The minimum absolute atomic E-state index is 0.176. The van der Waals surface area contributed by atoms with Crippen LogP contribution in [0.2, 0.25) is 5.02 Å². The minimum Gasteiger partial charge on any atom is -0.388 e. The van der Waals surface area contributed by atoms with Gasteiger partial charge in [0.2, 0.25) is 0 Å². The van der Waals surface area contributed by atoms with Crippen LogP contribution in [0.25, 0.3) is 16.6 Å². The largest absolute Gasteiger partial charge is 0.417 e. The van der Waals surface area contributed by atoms with Gasteiger partial charge in [-0.15, -0.1) is 0 Å². The molecule has 3 nitrogen and oxygen atoms in total. The lowest BCUT2D eigenvalue weighted by Crippen LogP contribution is -2.32. The van der Waals surface area contributed by atoms with Gasteiger partial charge >= 0.3 is 6.18 Å². The maximum atomic E-state index is 14.2. The van der Waals surface area contributed by atoms with Crippen LogP contribution in [0.1, 0.15) is 41.3 Å². The van der Waals surface area contributed by atoms with Crippen molar-refractivity contribution in [3.05, 3.63) is 99.7 Å². The van der Waals surface area contributed by atoms with E-state index in [-0.39, 0.29) is 23.6 Å². The van der Waals surface area contributed by atoms with Crippen molar-refractivity contribution in [2.24, 2.45) is 0 Å². The molecule has 5 rings (SSSR count). The third-order valence-corrected chi connectivity index (χ3v) is 7.24. The Hall–Kier alpha value is -2.94. The lowest BCUT2D eigenvalue weighted by molar-refractivity contribution is -0.137. The van der Waals surface area contributed by atoms with E-state index < -0.39 is 22.9 Å². The molecular weight excluding hydrogens is 511 g/mol. The molecule has 1 aliphatic rings. The number of aliphatic hydroxyl groups is 1. The number of aliphatic hydroxyl groups excluding tert-OH is 1. The van der Waals surface area contributed by atoms with E-state index in [0.717, 1.165) is 46.5 Å². The van der Waals surface area contributed by atoms with Gasteiger partial charge in [-0.3, -0.25) is 4.90 Å². The molecule has 0 fully saturated rings. The Labute approximate surface area is 215 Å².